The quantitative estimate of drug-likeness (QED) is 0.893. The minimum atomic E-state index is 0.653. The average Bonchev–Trinajstić information content (AvgIpc) is 2.81. The first-order valence-electron chi connectivity index (χ1n) is 6.36. The van der Waals surface area contributed by atoms with Gasteiger partial charge in [-0.05, 0) is 31.0 Å². The van der Waals surface area contributed by atoms with Crippen molar-refractivity contribution in [2.75, 3.05) is 6.54 Å². The normalized spacial score (nSPS) is 11.2. The van der Waals surface area contributed by atoms with E-state index in [0.717, 1.165) is 33.1 Å². The molecule has 0 unspecified atom stereocenters. The summed E-state index contributed by atoms with van der Waals surface area (Å²) in [5, 5.41) is 14.0. The summed E-state index contributed by atoms with van der Waals surface area (Å²) >= 11 is 5.21. The first kappa shape index (κ1) is 14.6. The van der Waals surface area contributed by atoms with Gasteiger partial charge < -0.3 is 5.32 Å². The van der Waals surface area contributed by atoms with Crippen molar-refractivity contribution < 1.29 is 0 Å². The van der Waals surface area contributed by atoms with Crippen molar-refractivity contribution in [2.24, 2.45) is 5.92 Å². The van der Waals surface area contributed by atoms with Crippen LogP contribution in [0.5, 0.6) is 0 Å². The van der Waals surface area contributed by atoms with Gasteiger partial charge in [0.05, 0.1) is 0 Å². The van der Waals surface area contributed by atoms with Crippen LogP contribution in [0.25, 0.3) is 10.6 Å². The third-order valence-corrected chi connectivity index (χ3v) is 4.61. The number of hydrogen-bond acceptors (Lipinski definition) is 4. The Labute approximate surface area is 126 Å². The molecule has 0 saturated carbocycles. The SMILES string of the molecule is Cc1c(Br)cccc1-c1nnc(CNCC(C)C)s1. The maximum atomic E-state index is 4.29. The van der Waals surface area contributed by atoms with Crippen molar-refractivity contribution in [1.29, 1.82) is 0 Å². The Morgan fingerprint density at radius 2 is 2.11 bits per heavy atom. The molecule has 0 atom stereocenters. The maximum Gasteiger partial charge on any atom is 0.148 e. The van der Waals surface area contributed by atoms with Gasteiger partial charge >= 0.3 is 0 Å². The third kappa shape index (κ3) is 3.84. The van der Waals surface area contributed by atoms with Crippen molar-refractivity contribution in [1.82, 2.24) is 15.5 Å². The van der Waals surface area contributed by atoms with E-state index in [-0.39, 0.29) is 0 Å². The molecule has 5 heteroatoms. The first-order chi connectivity index (χ1) is 9.08. The van der Waals surface area contributed by atoms with Crippen LogP contribution in [0.2, 0.25) is 0 Å². The van der Waals surface area contributed by atoms with E-state index in [4.69, 9.17) is 0 Å². The van der Waals surface area contributed by atoms with E-state index in [1.807, 2.05) is 12.1 Å². The Morgan fingerprint density at radius 3 is 2.84 bits per heavy atom. The van der Waals surface area contributed by atoms with Crippen LogP contribution in [0.1, 0.15) is 24.4 Å². The summed E-state index contributed by atoms with van der Waals surface area (Å²) in [6, 6.07) is 6.17. The monoisotopic (exact) mass is 339 g/mol. The lowest BCUT2D eigenvalue weighted by atomic mass is 10.1. The lowest BCUT2D eigenvalue weighted by Gasteiger charge is -2.04. The Bertz CT molecular complexity index is 551. The minimum Gasteiger partial charge on any atom is -0.310 e. The third-order valence-electron chi connectivity index (χ3n) is 2.79. The van der Waals surface area contributed by atoms with Crippen molar-refractivity contribution >= 4 is 27.3 Å². The van der Waals surface area contributed by atoms with Crippen LogP contribution in [0, 0.1) is 12.8 Å². The van der Waals surface area contributed by atoms with Crippen LogP contribution in [0.4, 0.5) is 0 Å². The number of benzene rings is 1. The molecule has 0 fully saturated rings. The van der Waals surface area contributed by atoms with Crippen molar-refractivity contribution in [3.63, 3.8) is 0 Å². The molecule has 0 aliphatic rings. The molecule has 1 aromatic carbocycles. The first-order valence-corrected chi connectivity index (χ1v) is 7.97. The van der Waals surface area contributed by atoms with Gasteiger partial charge in [-0.15, -0.1) is 10.2 Å². The highest BCUT2D eigenvalue weighted by atomic mass is 79.9. The van der Waals surface area contributed by atoms with Gasteiger partial charge in [-0.25, -0.2) is 0 Å². The van der Waals surface area contributed by atoms with Gasteiger partial charge in [0, 0.05) is 16.6 Å². The molecular weight excluding hydrogens is 322 g/mol. The molecule has 0 saturated heterocycles. The second kappa shape index (κ2) is 6.59. The van der Waals surface area contributed by atoms with Gasteiger partial charge in [0.2, 0.25) is 0 Å². The molecule has 0 aliphatic carbocycles. The summed E-state index contributed by atoms with van der Waals surface area (Å²) in [6.07, 6.45) is 0. The van der Waals surface area contributed by atoms with E-state index in [2.05, 4.69) is 58.3 Å². The van der Waals surface area contributed by atoms with Gasteiger partial charge in [0.25, 0.3) is 0 Å². The summed E-state index contributed by atoms with van der Waals surface area (Å²) in [5.74, 6) is 0.653. The summed E-state index contributed by atoms with van der Waals surface area (Å²) < 4.78 is 1.11. The molecule has 0 radical (unpaired) electrons. The Hall–Kier alpha value is -0.780. The van der Waals surface area contributed by atoms with Crippen molar-refractivity contribution in [2.45, 2.75) is 27.3 Å². The molecule has 1 N–H and O–H groups in total. The highest BCUT2D eigenvalue weighted by Gasteiger charge is 2.10. The van der Waals surface area contributed by atoms with Gasteiger partial charge in [-0.2, -0.15) is 0 Å². The highest BCUT2D eigenvalue weighted by molar-refractivity contribution is 9.10. The molecule has 1 aromatic heterocycles. The average molecular weight is 340 g/mol. The predicted molar refractivity (Wildman–Crippen MR) is 84.3 cm³/mol. The number of rotatable bonds is 5. The van der Waals surface area contributed by atoms with Crippen molar-refractivity contribution in [3.8, 4) is 10.6 Å². The van der Waals surface area contributed by atoms with Crippen LogP contribution in [-0.2, 0) is 6.54 Å². The van der Waals surface area contributed by atoms with E-state index >= 15 is 0 Å². The fourth-order valence-electron chi connectivity index (χ4n) is 1.74. The van der Waals surface area contributed by atoms with Gasteiger partial charge in [-0.1, -0.05) is 53.2 Å². The standard InChI is InChI=1S/C14H18BrN3S/c1-9(2)7-16-8-13-17-18-14(19-13)11-5-4-6-12(15)10(11)3/h4-6,9,16H,7-8H2,1-3H3. The van der Waals surface area contributed by atoms with E-state index in [9.17, 15) is 0 Å². The zero-order valence-corrected chi connectivity index (χ0v) is 13.8. The zero-order valence-electron chi connectivity index (χ0n) is 11.4. The molecule has 0 spiro atoms. The lowest BCUT2D eigenvalue weighted by molar-refractivity contribution is 0.550. The molecule has 3 nitrogen and oxygen atoms in total. The van der Waals surface area contributed by atoms with E-state index in [1.165, 1.54) is 5.56 Å². The summed E-state index contributed by atoms with van der Waals surface area (Å²) in [5.41, 5.74) is 2.36. The number of nitrogens with one attached hydrogen (secondary N) is 1. The van der Waals surface area contributed by atoms with E-state index in [1.54, 1.807) is 11.3 Å². The Kier molecular flexibility index (Phi) is 5.07. The van der Waals surface area contributed by atoms with Gasteiger partial charge in [-0.3, -0.25) is 0 Å². The minimum absolute atomic E-state index is 0.653. The topological polar surface area (TPSA) is 37.8 Å². The molecule has 102 valence electrons. The molecule has 0 amide bonds. The summed E-state index contributed by atoms with van der Waals surface area (Å²) in [4.78, 5) is 0. The molecule has 0 aliphatic heterocycles. The number of hydrogen-bond donors (Lipinski definition) is 1. The Morgan fingerprint density at radius 1 is 1.32 bits per heavy atom. The van der Waals surface area contributed by atoms with Gasteiger partial charge in [0.15, 0.2) is 0 Å². The second-order valence-corrected chi connectivity index (χ2v) is 6.85. The predicted octanol–water partition coefficient (Wildman–Crippen LogP) is 4.02. The highest BCUT2D eigenvalue weighted by Crippen LogP contribution is 2.30. The molecule has 1 heterocycles. The summed E-state index contributed by atoms with van der Waals surface area (Å²) in [6.45, 7) is 8.29. The number of aromatic nitrogens is 2. The Balaban J connectivity index is 2.10. The molecule has 19 heavy (non-hydrogen) atoms. The van der Waals surface area contributed by atoms with E-state index in [0.29, 0.717) is 5.92 Å². The fourth-order valence-corrected chi connectivity index (χ4v) is 3.00. The maximum absolute atomic E-state index is 4.29. The van der Waals surface area contributed by atoms with E-state index < -0.39 is 0 Å². The number of nitrogens with zero attached hydrogens (tertiary/aromatic N) is 2. The molecule has 0 bridgehead atoms. The molecular formula is C14H18BrN3S. The molecule has 2 aromatic rings. The smallest absolute Gasteiger partial charge is 0.148 e. The van der Waals surface area contributed by atoms with Crippen LogP contribution < -0.4 is 5.32 Å². The van der Waals surface area contributed by atoms with Crippen LogP contribution in [0.15, 0.2) is 22.7 Å². The second-order valence-electron chi connectivity index (χ2n) is 4.94. The molecule has 2 rings (SSSR count). The van der Waals surface area contributed by atoms with Gasteiger partial charge in [0.1, 0.15) is 10.0 Å². The summed E-state index contributed by atoms with van der Waals surface area (Å²) in [7, 11) is 0. The largest absolute Gasteiger partial charge is 0.310 e. The van der Waals surface area contributed by atoms with Crippen molar-refractivity contribution in [3.05, 3.63) is 33.2 Å². The van der Waals surface area contributed by atoms with Crippen LogP contribution in [-0.4, -0.2) is 16.7 Å². The zero-order chi connectivity index (χ0) is 13.8. The van der Waals surface area contributed by atoms with Crippen LogP contribution >= 0.6 is 27.3 Å². The van der Waals surface area contributed by atoms with Crippen LogP contribution in [0.3, 0.4) is 0 Å². The fraction of sp³-hybridized carbons (Fsp3) is 0.429. The number of halogens is 1. The lowest BCUT2D eigenvalue weighted by Crippen LogP contribution is -2.18.